The number of rotatable bonds is 6. The van der Waals surface area contributed by atoms with E-state index in [1.165, 1.54) is 11.6 Å². The van der Waals surface area contributed by atoms with Crippen LogP contribution in [0.1, 0.15) is 5.56 Å². The van der Waals surface area contributed by atoms with Crippen molar-refractivity contribution in [2.75, 3.05) is 23.8 Å². The number of nitrogens with zero attached hydrogens (tertiary/aromatic N) is 5. The Labute approximate surface area is 139 Å². The zero-order chi connectivity index (χ0) is 16.8. The van der Waals surface area contributed by atoms with Crippen LogP contribution < -0.4 is 10.2 Å². The summed E-state index contributed by atoms with van der Waals surface area (Å²) in [6.45, 7) is 0.766. The molecule has 0 radical (unpaired) electrons. The first-order valence-electron chi connectivity index (χ1n) is 7.54. The minimum Gasteiger partial charge on any atom is -0.358 e. The third-order valence-electron chi connectivity index (χ3n) is 3.54. The highest BCUT2D eigenvalue weighted by Gasteiger charge is 2.08. The lowest BCUT2D eigenvalue weighted by Gasteiger charge is -2.18. The van der Waals surface area contributed by atoms with Gasteiger partial charge in [0, 0.05) is 26.0 Å². The second-order valence-electron chi connectivity index (χ2n) is 5.27. The molecule has 0 fully saturated rings. The number of nitrogens with one attached hydrogen (secondary N) is 1. The van der Waals surface area contributed by atoms with Crippen molar-refractivity contribution in [1.82, 2.24) is 20.2 Å². The Kier molecular flexibility index (Phi) is 4.90. The quantitative estimate of drug-likeness (QED) is 0.752. The number of likely N-dealkylation sites (N-methyl/N-ethyl adjacent to an activating group) is 1. The predicted molar refractivity (Wildman–Crippen MR) is 90.7 cm³/mol. The van der Waals surface area contributed by atoms with Crippen molar-refractivity contribution in [2.24, 2.45) is 0 Å². The van der Waals surface area contributed by atoms with Gasteiger partial charge in [-0.15, -0.1) is 5.10 Å². The zero-order valence-corrected chi connectivity index (χ0v) is 13.2. The molecule has 1 aromatic carbocycles. The van der Waals surface area contributed by atoms with Crippen molar-refractivity contribution >= 4 is 17.5 Å². The summed E-state index contributed by atoms with van der Waals surface area (Å²) in [5.74, 6) is 0.559. The summed E-state index contributed by atoms with van der Waals surface area (Å²) in [6.07, 6.45) is 5.99. The van der Waals surface area contributed by atoms with E-state index in [0.29, 0.717) is 11.5 Å². The van der Waals surface area contributed by atoms with Crippen LogP contribution in [0.3, 0.4) is 0 Å². The zero-order valence-electron chi connectivity index (χ0n) is 13.2. The van der Waals surface area contributed by atoms with Crippen molar-refractivity contribution in [3.8, 4) is 0 Å². The summed E-state index contributed by atoms with van der Waals surface area (Å²) in [5, 5.41) is 10.7. The van der Waals surface area contributed by atoms with Crippen LogP contribution in [-0.2, 0) is 6.42 Å². The molecule has 2 heterocycles. The maximum Gasteiger partial charge on any atom is 0.249 e. The van der Waals surface area contributed by atoms with E-state index in [1.54, 1.807) is 36.8 Å². The first-order chi connectivity index (χ1) is 11.7. The fraction of sp³-hybridized carbons (Fsp3) is 0.176. The fourth-order valence-electron chi connectivity index (χ4n) is 2.18. The maximum atomic E-state index is 13.7. The van der Waals surface area contributed by atoms with Crippen LogP contribution in [0.25, 0.3) is 0 Å². The third-order valence-corrected chi connectivity index (χ3v) is 3.54. The van der Waals surface area contributed by atoms with Crippen molar-refractivity contribution in [1.29, 1.82) is 0 Å². The Morgan fingerprint density at radius 3 is 2.71 bits per heavy atom. The number of aromatic nitrogens is 4. The Morgan fingerprint density at radius 2 is 1.92 bits per heavy atom. The summed E-state index contributed by atoms with van der Waals surface area (Å²) < 4.78 is 13.7. The van der Waals surface area contributed by atoms with E-state index in [0.717, 1.165) is 13.0 Å². The first kappa shape index (κ1) is 15.8. The van der Waals surface area contributed by atoms with Gasteiger partial charge in [-0.1, -0.05) is 12.1 Å². The number of para-hydroxylation sites is 1. The highest BCUT2D eigenvalue weighted by molar-refractivity contribution is 5.54. The molecule has 3 aromatic rings. The van der Waals surface area contributed by atoms with Gasteiger partial charge in [0.1, 0.15) is 5.82 Å². The average Bonchev–Trinajstić information content (AvgIpc) is 2.63. The van der Waals surface area contributed by atoms with Gasteiger partial charge in [0.2, 0.25) is 5.95 Å². The molecule has 6 nitrogen and oxygen atoms in total. The van der Waals surface area contributed by atoms with Crippen LogP contribution in [0.2, 0.25) is 0 Å². The lowest BCUT2D eigenvalue weighted by atomic mass is 10.2. The third kappa shape index (κ3) is 4.01. The van der Waals surface area contributed by atoms with E-state index < -0.39 is 0 Å². The van der Waals surface area contributed by atoms with Gasteiger partial charge >= 0.3 is 0 Å². The molecular weight excluding hydrogens is 307 g/mol. The van der Waals surface area contributed by atoms with E-state index in [2.05, 4.69) is 25.5 Å². The molecule has 122 valence electrons. The Bertz CT molecular complexity index is 796. The van der Waals surface area contributed by atoms with Crippen LogP contribution in [0, 0.1) is 5.82 Å². The Hall–Kier alpha value is -3.09. The molecule has 0 amide bonds. The van der Waals surface area contributed by atoms with E-state index >= 15 is 0 Å². The highest BCUT2D eigenvalue weighted by Crippen LogP contribution is 2.17. The lowest BCUT2D eigenvalue weighted by Crippen LogP contribution is -2.22. The second kappa shape index (κ2) is 7.45. The van der Waals surface area contributed by atoms with Gasteiger partial charge in [-0.2, -0.15) is 10.1 Å². The van der Waals surface area contributed by atoms with Gasteiger partial charge < -0.3 is 10.2 Å². The number of halogens is 1. The molecule has 0 unspecified atom stereocenters. The number of anilines is 3. The lowest BCUT2D eigenvalue weighted by molar-refractivity contribution is 0.631. The van der Waals surface area contributed by atoms with Crippen LogP contribution in [0.5, 0.6) is 0 Å². The summed E-state index contributed by atoms with van der Waals surface area (Å²) >= 11 is 0. The van der Waals surface area contributed by atoms with Gasteiger partial charge in [-0.25, -0.2) is 4.39 Å². The summed E-state index contributed by atoms with van der Waals surface area (Å²) in [5.41, 5.74) is 1.51. The average molecular weight is 324 g/mol. The maximum absolute atomic E-state index is 13.7. The number of hydrogen-bond acceptors (Lipinski definition) is 6. The van der Waals surface area contributed by atoms with Crippen molar-refractivity contribution in [2.45, 2.75) is 6.42 Å². The molecule has 0 aliphatic carbocycles. The molecule has 0 saturated carbocycles. The fourth-order valence-corrected chi connectivity index (χ4v) is 2.18. The molecule has 3 rings (SSSR count). The highest BCUT2D eigenvalue weighted by atomic mass is 19.1. The molecule has 0 spiro atoms. The molecular formula is C17H17FN6. The van der Waals surface area contributed by atoms with Crippen molar-refractivity contribution < 1.29 is 4.39 Å². The second-order valence-corrected chi connectivity index (χ2v) is 5.27. The molecule has 0 aliphatic heterocycles. The smallest absolute Gasteiger partial charge is 0.249 e. The molecule has 0 saturated heterocycles. The summed E-state index contributed by atoms with van der Waals surface area (Å²) in [6, 6.07) is 10.3. The predicted octanol–water partition coefficient (Wildman–Crippen LogP) is 2.83. The topological polar surface area (TPSA) is 66.8 Å². The molecule has 1 N–H and O–H groups in total. The largest absolute Gasteiger partial charge is 0.358 e. The SMILES string of the molecule is CN(CCc1ccncc1)c1cnnc(Nc2ccccc2F)n1. The normalized spacial score (nSPS) is 10.4. The van der Waals surface area contributed by atoms with E-state index in [-0.39, 0.29) is 11.8 Å². The van der Waals surface area contributed by atoms with Gasteiger partial charge in [-0.3, -0.25) is 4.98 Å². The molecule has 7 heteroatoms. The number of hydrogen-bond donors (Lipinski definition) is 1. The Balaban J connectivity index is 1.67. The van der Waals surface area contributed by atoms with Crippen LogP contribution in [-0.4, -0.2) is 33.8 Å². The van der Waals surface area contributed by atoms with Gasteiger partial charge in [0.25, 0.3) is 0 Å². The van der Waals surface area contributed by atoms with E-state index in [1.807, 2.05) is 24.1 Å². The molecule has 0 bridgehead atoms. The van der Waals surface area contributed by atoms with Crippen LogP contribution >= 0.6 is 0 Å². The number of benzene rings is 1. The molecule has 24 heavy (non-hydrogen) atoms. The van der Waals surface area contributed by atoms with Crippen LogP contribution in [0.15, 0.2) is 55.0 Å². The van der Waals surface area contributed by atoms with Crippen LogP contribution in [0.4, 0.5) is 21.8 Å². The van der Waals surface area contributed by atoms with Crippen molar-refractivity contribution in [3.63, 3.8) is 0 Å². The van der Waals surface area contributed by atoms with Gasteiger partial charge in [0.15, 0.2) is 5.82 Å². The van der Waals surface area contributed by atoms with Crippen molar-refractivity contribution in [3.05, 3.63) is 66.4 Å². The molecule has 0 atom stereocenters. The summed E-state index contributed by atoms with van der Waals surface area (Å²) in [7, 11) is 1.93. The number of pyridine rings is 1. The van der Waals surface area contributed by atoms with Gasteiger partial charge in [0.05, 0.1) is 11.9 Å². The Morgan fingerprint density at radius 1 is 1.12 bits per heavy atom. The van der Waals surface area contributed by atoms with E-state index in [4.69, 9.17) is 0 Å². The monoisotopic (exact) mass is 324 g/mol. The minimum absolute atomic E-state index is 0.258. The van der Waals surface area contributed by atoms with E-state index in [9.17, 15) is 4.39 Å². The standard InChI is InChI=1S/C17H17FN6/c1-24(11-8-13-6-9-19-10-7-13)16-12-20-23-17(22-16)21-15-5-3-2-4-14(15)18/h2-7,9-10,12H,8,11H2,1H3,(H,21,22,23). The molecule has 2 aromatic heterocycles. The molecule has 0 aliphatic rings. The first-order valence-corrected chi connectivity index (χ1v) is 7.54. The van der Waals surface area contributed by atoms with Gasteiger partial charge in [-0.05, 0) is 36.2 Å². The minimum atomic E-state index is -0.363. The summed E-state index contributed by atoms with van der Waals surface area (Å²) in [4.78, 5) is 10.4.